The minimum atomic E-state index is -2.93. The zero-order valence-electron chi connectivity index (χ0n) is 10.4. The minimum absolute atomic E-state index is 0.143. The molecule has 0 radical (unpaired) electrons. The van der Waals surface area contributed by atoms with Crippen LogP contribution in [-0.4, -0.2) is 44.5 Å². The molecule has 0 aliphatic heterocycles. The summed E-state index contributed by atoms with van der Waals surface area (Å²) in [4.78, 5) is 2.08. The lowest BCUT2D eigenvalue weighted by Crippen LogP contribution is -2.47. The molecular formula is C12H21NO2S. The molecule has 1 aliphatic carbocycles. The zero-order valence-corrected chi connectivity index (χ0v) is 11.2. The van der Waals surface area contributed by atoms with Crippen LogP contribution >= 0.6 is 0 Å². The van der Waals surface area contributed by atoms with Crippen LogP contribution in [0.3, 0.4) is 0 Å². The summed E-state index contributed by atoms with van der Waals surface area (Å²) in [7, 11) is -0.964. The Hall–Kier alpha value is -0.530. The Morgan fingerprint density at radius 2 is 1.94 bits per heavy atom. The maximum absolute atomic E-state index is 11.7. The second-order valence-electron chi connectivity index (χ2n) is 4.56. The molecule has 3 nitrogen and oxygen atoms in total. The fraction of sp³-hybridized carbons (Fsp3) is 0.833. The summed E-state index contributed by atoms with van der Waals surface area (Å²) in [6.07, 6.45) is 5.28. The van der Waals surface area contributed by atoms with Crippen LogP contribution in [0.5, 0.6) is 0 Å². The van der Waals surface area contributed by atoms with Crippen LogP contribution in [0, 0.1) is 11.8 Å². The second-order valence-corrected chi connectivity index (χ2v) is 6.83. The van der Waals surface area contributed by atoms with E-state index in [0.29, 0.717) is 6.54 Å². The molecule has 0 unspecified atom stereocenters. The molecule has 16 heavy (non-hydrogen) atoms. The van der Waals surface area contributed by atoms with Gasteiger partial charge in [-0.1, -0.05) is 18.8 Å². The molecule has 1 rings (SSSR count). The fourth-order valence-electron chi connectivity index (χ4n) is 2.40. The van der Waals surface area contributed by atoms with Gasteiger partial charge in [0.1, 0.15) is 0 Å². The van der Waals surface area contributed by atoms with Crippen LogP contribution < -0.4 is 0 Å². The van der Waals surface area contributed by atoms with E-state index in [4.69, 9.17) is 0 Å². The van der Waals surface area contributed by atoms with Gasteiger partial charge in [-0.25, -0.2) is 8.42 Å². The van der Waals surface area contributed by atoms with Gasteiger partial charge in [0.05, 0.1) is 11.8 Å². The summed E-state index contributed by atoms with van der Waals surface area (Å²) >= 11 is 0. The zero-order chi connectivity index (χ0) is 12.2. The average Bonchev–Trinajstić information content (AvgIpc) is 2.24. The topological polar surface area (TPSA) is 37.4 Å². The van der Waals surface area contributed by atoms with Gasteiger partial charge in [-0.3, -0.25) is 4.90 Å². The van der Waals surface area contributed by atoms with E-state index >= 15 is 0 Å². The lowest BCUT2D eigenvalue weighted by Gasteiger charge is -2.36. The summed E-state index contributed by atoms with van der Waals surface area (Å²) in [6.45, 7) is 2.47. The van der Waals surface area contributed by atoms with Gasteiger partial charge in [-0.15, -0.1) is 5.92 Å². The van der Waals surface area contributed by atoms with Crippen molar-refractivity contribution in [2.75, 3.05) is 19.8 Å². The molecule has 1 fully saturated rings. The van der Waals surface area contributed by atoms with Crippen molar-refractivity contribution in [3.8, 4) is 11.8 Å². The first-order valence-corrected chi connectivity index (χ1v) is 7.71. The molecule has 1 saturated carbocycles. The highest BCUT2D eigenvalue weighted by Crippen LogP contribution is 2.27. The van der Waals surface area contributed by atoms with Gasteiger partial charge in [0.25, 0.3) is 0 Å². The highest BCUT2D eigenvalue weighted by atomic mass is 32.2. The standard InChI is InChI=1S/C12H21NO2S/c1-4-5-10-13(2)11-8-6-7-9-12(11)16(3,14)15/h11-12H,6-10H2,1-3H3/t11-,12+/m1/s1. The van der Waals surface area contributed by atoms with Gasteiger partial charge < -0.3 is 0 Å². The SMILES string of the molecule is CC#CCN(C)[C@@H]1CCCC[C@@H]1S(C)(=O)=O. The normalized spacial score (nSPS) is 26.2. The summed E-state index contributed by atoms with van der Waals surface area (Å²) < 4.78 is 23.4. The summed E-state index contributed by atoms with van der Waals surface area (Å²) in [5.41, 5.74) is 0. The van der Waals surface area contributed by atoms with Crippen LogP contribution in [0.1, 0.15) is 32.6 Å². The largest absolute Gasteiger partial charge is 0.291 e. The number of hydrogen-bond donors (Lipinski definition) is 0. The van der Waals surface area contributed by atoms with E-state index in [2.05, 4.69) is 16.7 Å². The van der Waals surface area contributed by atoms with Crippen LogP contribution in [0.4, 0.5) is 0 Å². The molecule has 0 heterocycles. The van der Waals surface area contributed by atoms with Crippen molar-refractivity contribution >= 4 is 9.84 Å². The first kappa shape index (κ1) is 13.5. The third-order valence-corrected chi connectivity index (χ3v) is 4.94. The van der Waals surface area contributed by atoms with E-state index in [1.165, 1.54) is 6.26 Å². The van der Waals surface area contributed by atoms with Gasteiger partial charge >= 0.3 is 0 Å². The highest BCUT2D eigenvalue weighted by molar-refractivity contribution is 7.91. The molecule has 0 saturated heterocycles. The molecule has 0 spiro atoms. The lowest BCUT2D eigenvalue weighted by molar-refractivity contribution is 0.214. The molecule has 0 aromatic heterocycles. The maximum atomic E-state index is 11.7. The minimum Gasteiger partial charge on any atom is -0.291 e. The monoisotopic (exact) mass is 243 g/mol. The van der Waals surface area contributed by atoms with E-state index in [-0.39, 0.29) is 11.3 Å². The molecule has 0 N–H and O–H groups in total. The Labute approximate surface area is 99.1 Å². The van der Waals surface area contributed by atoms with Crippen LogP contribution in [0.25, 0.3) is 0 Å². The van der Waals surface area contributed by atoms with E-state index in [0.717, 1.165) is 25.7 Å². The Balaban J connectivity index is 2.76. The Morgan fingerprint density at radius 3 is 2.50 bits per heavy atom. The molecule has 92 valence electrons. The van der Waals surface area contributed by atoms with E-state index in [1.54, 1.807) is 0 Å². The molecule has 1 aliphatic rings. The van der Waals surface area contributed by atoms with Crippen LogP contribution in [-0.2, 0) is 9.84 Å². The smallest absolute Gasteiger partial charge is 0.151 e. The Bertz CT molecular complexity index is 378. The van der Waals surface area contributed by atoms with E-state index in [9.17, 15) is 8.42 Å². The van der Waals surface area contributed by atoms with Crippen molar-refractivity contribution in [2.24, 2.45) is 0 Å². The second kappa shape index (κ2) is 5.70. The molecule has 4 heteroatoms. The Morgan fingerprint density at radius 1 is 1.31 bits per heavy atom. The molecule has 0 amide bonds. The van der Waals surface area contributed by atoms with Crippen LogP contribution in [0.2, 0.25) is 0 Å². The van der Waals surface area contributed by atoms with Gasteiger partial charge in [0.2, 0.25) is 0 Å². The number of nitrogens with zero attached hydrogens (tertiary/aromatic N) is 1. The average molecular weight is 243 g/mol. The molecule has 0 aromatic rings. The third kappa shape index (κ3) is 3.50. The first-order chi connectivity index (χ1) is 7.46. The number of sulfone groups is 1. The van der Waals surface area contributed by atoms with E-state index < -0.39 is 9.84 Å². The molecule has 0 bridgehead atoms. The van der Waals surface area contributed by atoms with Crippen LogP contribution in [0.15, 0.2) is 0 Å². The van der Waals surface area contributed by atoms with E-state index in [1.807, 2.05) is 14.0 Å². The first-order valence-electron chi connectivity index (χ1n) is 5.75. The van der Waals surface area contributed by atoms with Crippen molar-refractivity contribution in [1.82, 2.24) is 4.90 Å². The maximum Gasteiger partial charge on any atom is 0.151 e. The Kier molecular flexibility index (Phi) is 4.82. The van der Waals surface area contributed by atoms with Crippen molar-refractivity contribution in [1.29, 1.82) is 0 Å². The summed E-state index contributed by atoms with van der Waals surface area (Å²) in [5.74, 6) is 5.85. The molecule has 2 atom stereocenters. The van der Waals surface area contributed by atoms with Crippen molar-refractivity contribution in [3.05, 3.63) is 0 Å². The lowest BCUT2D eigenvalue weighted by atomic mass is 9.94. The predicted octanol–water partition coefficient (Wildman–Crippen LogP) is 1.30. The summed E-state index contributed by atoms with van der Waals surface area (Å²) in [5, 5.41) is -0.204. The quantitative estimate of drug-likeness (QED) is 0.701. The fourth-order valence-corrected chi connectivity index (χ4v) is 3.91. The molecule has 0 aromatic carbocycles. The van der Waals surface area contributed by atoms with Gasteiger partial charge in [-0.2, -0.15) is 0 Å². The van der Waals surface area contributed by atoms with Gasteiger partial charge in [0.15, 0.2) is 9.84 Å². The summed E-state index contributed by atoms with van der Waals surface area (Å²) in [6, 6.07) is 0.143. The van der Waals surface area contributed by atoms with Crippen molar-refractivity contribution < 1.29 is 8.42 Å². The number of rotatable bonds is 3. The highest BCUT2D eigenvalue weighted by Gasteiger charge is 2.34. The van der Waals surface area contributed by atoms with Crippen molar-refractivity contribution in [2.45, 2.75) is 43.9 Å². The van der Waals surface area contributed by atoms with Gasteiger partial charge in [-0.05, 0) is 26.8 Å². The van der Waals surface area contributed by atoms with Gasteiger partial charge in [0, 0.05) is 12.3 Å². The van der Waals surface area contributed by atoms with Crippen molar-refractivity contribution in [3.63, 3.8) is 0 Å². The predicted molar refractivity (Wildman–Crippen MR) is 67.0 cm³/mol. The third-order valence-electron chi connectivity index (χ3n) is 3.29. The number of hydrogen-bond acceptors (Lipinski definition) is 3. The molecular weight excluding hydrogens is 222 g/mol.